The van der Waals surface area contributed by atoms with Gasteiger partial charge in [-0.3, -0.25) is 12.2 Å². The number of hydrogen-bond donors (Lipinski definition) is 0. The Morgan fingerprint density at radius 3 is 1.85 bits per heavy atom. The van der Waals surface area contributed by atoms with Crippen LogP contribution in [0.5, 0.6) is 0 Å². The second kappa shape index (κ2) is 14.4. The summed E-state index contributed by atoms with van der Waals surface area (Å²) in [6.45, 7) is 24.8. The van der Waals surface area contributed by atoms with Crippen molar-refractivity contribution < 1.29 is 53.4 Å². The van der Waals surface area contributed by atoms with E-state index in [0.29, 0.717) is 11.3 Å². The molecule has 0 bridgehead atoms. The first-order valence-electron chi connectivity index (χ1n) is 16.2. The quantitative estimate of drug-likeness (QED) is 0.231. The summed E-state index contributed by atoms with van der Waals surface area (Å²) in [5, 5.41) is 0. The van der Waals surface area contributed by atoms with Crippen molar-refractivity contribution in [1.29, 1.82) is 0 Å². The van der Waals surface area contributed by atoms with Crippen molar-refractivity contribution in [2.24, 2.45) is 11.3 Å². The van der Waals surface area contributed by atoms with Gasteiger partial charge in [-0.15, -0.1) is 11.6 Å². The summed E-state index contributed by atoms with van der Waals surface area (Å²) in [4.78, 5) is 0. The van der Waals surface area contributed by atoms with Gasteiger partial charge in [0.1, 0.15) is 0 Å². The van der Waals surface area contributed by atoms with Gasteiger partial charge in [0.15, 0.2) is 0 Å². The van der Waals surface area contributed by atoms with Crippen LogP contribution in [0.1, 0.15) is 115 Å². The van der Waals surface area contributed by atoms with Gasteiger partial charge in [0.05, 0.1) is 0 Å². The first-order valence-corrected chi connectivity index (χ1v) is 17.6. The Kier molecular flexibility index (Phi) is 12.0. The third kappa shape index (κ3) is 8.03. The van der Waals surface area contributed by atoms with Crippen molar-refractivity contribution in [3.63, 3.8) is 0 Å². The van der Waals surface area contributed by atoms with Crippen molar-refractivity contribution >= 4 is 14.9 Å². The predicted octanol–water partition coefficient (Wildman–Crippen LogP) is 5.34. The zero-order valence-corrected chi connectivity index (χ0v) is 33.7. The number of rotatable bonds is 1. The average Bonchev–Trinajstić information content (AvgIpc) is 3.62. The molecule has 0 heterocycles. The average molecular weight is 745 g/mol. The summed E-state index contributed by atoms with van der Waals surface area (Å²) >= 11 is 1.34. The van der Waals surface area contributed by atoms with Crippen LogP contribution in [0.25, 0.3) is 22.3 Å². The first-order chi connectivity index (χ1) is 20.9. The molecule has 0 nitrogen and oxygen atoms in total. The molecule has 0 spiro atoms. The number of allylic oxidation sites excluding steroid dienone is 8. The zero-order chi connectivity index (χ0) is 33.1. The molecule has 1 atom stereocenters. The molecule has 0 N–H and O–H groups in total. The van der Waals surface area contributed by atoms with Gasteiger partial charge in [-0.05, 0) is 58.4 Å². The summed E-state index contributed by atoms with van der Waals surface area (Å²) in [6.07, 6.45) is 12.8. The fourth-order valence-corrected chi connectivity index (χ4v) is 7.96. The summed E-state index contributed by atoms with van der Waals surface area (Å²) in [6, 6.07) is 16.3. The minimum atomic E-state index is -0.170. The van der Waals surface area contributed by atoms with Gasteiger partial charge in [-0.25, -0.2) is 11.1 Å². The Bertz CT molecular complexity index is 1720. The van der Waals surface area contributed by atoms with Gasteiger partial charge in [0, 0.05) is 5.41 Å². The van der Waals surface area contributed by atoms with Crippen molar-refractivity contribution in [2.75, 3.05) is 0 Å². The normalized spacial score (nSPS) is 18.6. The number of halogens is 3. The van der Waals surface area contributed by atoms with Crippen LogP contribution in [0.4, 0.5) is 4.39 Å². The van der Waals surface area contributed by atoms with E-state index in [0.717, 1.165) is 12.0 Å². The second-order valence-electron chi connectivity index (χ2n) is 15.3. The maximum atomic E-state index is 12.2. The molecule has 0 aliphatic heterocycles. The Balaban J connectivity index is 0.000000228. The molecule has 246 valence electrons. The van der Waals surface area contributed by atoms with Gasteiger partial charge < -0.3 is 24.8 Å². The van der Waals surface area contributed by atoms with Crippen LogP contribution in [0.3, 0.4) is 0 Å². The summed E-state index contributed by atoms with van der Waals surface area (Å²) in [5.74, 6) is 0.348. The maximum Gasteiger partial charge on any atom is -1.00 e. The molecule has 47 heavy (non-hydrogen) atoms. The molecule has 1 unspecified atom stereocenters. The fraction of sp³-hybridized carbons (Fsp3) is 0.372. The minimum absolute atomic E-state index is 0. The Morgan fingerprint density at radius 1 is 0.809 bits per heavy atom. The minimum Gasteiger partial charge on any atom is -1.00 e. The Morgan fingerprint density at radius 2 is 1.36 bits per heavy atom. The molecular formula is C43H47Cl2FZr-2. The van der Waals surface area contributed by atoms with E-state index in [1.165, 1.54) is 103 Å². The molecule has 0 aromatic heterocycles. The van der Waals surface area contributed by atoms with E-state index in [1.54, 1.807) is 12.1 Å². The van der Waals surface area contributed by atoms with Crippen molar-refractivity contribution in [1.82, 2.24) is 0 Å². The predicted molar refractivity (Wildman–Crippen MR) is 187 cm³/mol. The molecular weight excluding hydrogens is 698 g/mol. The molecule has 0 amide bonds. The van der Waals surface area contributed by atoms with E-state index in [4.69, 9.17) is 0 Å². The largest absolute Gasteiger partial charge is 1.00 e. The molecule has 7 rings (SSSR count). The third-order valence-electron chi connectivity index (χ3n) is 9.54. The van der Waals surface area contributed by atoms with Crippen LogP contribution in [-0.4, -0.2) is 3.71 Å². The van der Waals surface area contributed by atoms with E-state index >= 15 is 0 Å². The van der Waals surface area contributed by atoms with E-state index in [-0.39, 0.29) is 41.5 Å². The van der Waals surface area contributed by atoms with E-state index in [1.807, 2.05) is 3.71 Å². The van der Waals surface area contributed by atoms with Crippen molar-refractivity contribution in [2.45, 2.75) is 93.4 Å². The second-order valence-corrected chi connectivity index (χ2v) is 16.0. The van der Waals surface area contributed by atoms with E-state index in [2.05, 4.69) is 125 Å². The molecule has 4 aliphatic rings. The van der Waals surface area contributed by atoms with Gasteiger partial charge >= 0.3 is 68.0 Å². The molecule has 0 fully saturated rings. The molecule has 3 aromatic carbocycles. The molecule has 0 radical (unpaired) electrons. The number of hydrogen-bond acceptors (Lipinski definition) is 0. The summed E-state index contributed by atoms with van der Waals surface area (Å²) < 4.78 is 14.2. The van der Waals surface area contributed by atoms with Crippen LogP contribution in [-0.2, 0) is 41.5 Å². The molecule has 4 heteroatoms. The fourth-order valence-electron chi connectivity index (χ4n) is 7.48. The number of fused-ring (bicyclic) bond motifs is 5. The standard InChI is InChI=1S/C25H25.C11H17.C7H5F.2ClH.Zr/c1-14-12-24(3,4)22-8-16-7-17-9-23-19(15(2)13-25(23,5)6)11-21(17)20(16)10-18(14)22;1-8-6-9(2)10(7-8)11(3,4)5;1-6-2-4-7(8)5-3-6;;;/h8-12H,7H2,1-6H3;7-8H,1-5H3;1-5H;2*1H;/q2*-1;;;;+2/p-2. The van der Waals surface area contributed by atoms with Gasteiger partial charge in [0.2, 0.25) is 0 Å². The zero-order valence-electron chi connectivity index (χ0n) is 29.8. The Hall–Kier alpha value is -2.12. The molecule has 3 aromatic rings. The van der Waals surface area contributed by atoms with Crippen molar-refractivity contribution in [3.8, 4) is 11.1 Å². The third-order valence-corrected chi connectivity index (χ3v) is 10.4. The van der Waals surface area contributed by atoms with Crippen LogP contribution >= 0.6 is 0 Å². The Labute approximate surface area is 310 Å². The van der Waals surface area contributed by atoms with Crippen LogP contribution in [0.15, 0.2) is 71.8 Å². The topological polar surface area (TPSA) is 0 Å². The van der Waals surface area contributed by atoms with Crippen LogP contribution in [0.2, 0.25) is 0 Å². The van der Waals surface area contributed by atoms with E-state index in [9.17, 15) is 4.39 Å². The van der Waals surface area contributed by atoms with Crippen LogP contribution < -0.4 is 24.8 Å². The molecule has 0 saturated carbocycles. The SMILES string of the molecule is CC1=[C-]C(C)(C)c2cc3c(cc21)-c1cc2c(cc1C3)C(C)(C)C=C2C.CC1=[C-]C(C)C=C1C(C)(C)C.Fc1ccc([CH]=[Zr+2])cc1.[Cl-].[Cl-]. The van der Waals surface area contributed by atoms with Crippen LogP contribution in [0, 0.1) is 29.3 Å². The summed E-state index contributed by atoms with van der Waals surface area (Å²) in [5.41, 5.74) is 18.7. The van der Waals surface area contributed by atoms with E-state index < -0.39 is 0 Å². The maximum absolute atomic E-state index is 12.2. The van der Waals surface area contributed by atoms with Gasteiger partial charge in [-0.2, -0.15) is 17.2 Å². The summed E-state index contributed by atoms with van der Waals surface area (Å²) in [7, 11) is 0. The first kappa shape index (κ1) is 39.3. The number of benzene rings is 3. The molecule has 4 aliphatic carbocycles. The van der Waals surface area contributed by atoms with Gasteiger partial charge in [-0.1, -0.05) is 104 Å². The monoisotopic (exact) mass is 742 g/mol. The van der Waals surface area contributed by atoms with Gasteiger partial charge in [0.25, 0.3) is 0 Å². The van der Waals surface area contributed by atoms with Crippen molar-refractivity contribution in [3.05, 3.63) is 129 Å². The smallest absolute Gasteiger partial charge is 1.00 e. The molecule has 0 saturated heterocycles.